The average Bonchev–Trinajstić information content (AvgIpc) is 2.12. The van der Waals surface area contributed by atoms with Gasteiger partial charge in [0, 0.05) is 6.04 Å². The maximum absolute atomic E-state index is 9.40. The molecule has 0 unspecified atom stereocenters. The molecule has 0 bridgehead atoms. The van der Waals surface area contributed by atoms with E-state index in [0.717, 1.165) is 30.4 Å². The van der Waals surface area contributed by atoms with E-state index in [1.165, 1.54) is 0 Å². The molecule has 0 amide bonds. The third kappa shape index (κ3) is 1.25. The van der Waals surface area contributed by atoms with Gasteiger partial charge in [-0.3, -0.25) is 0 Å². The molecule has 70 valence electrons. The third-order valence-corrected chi connectivity index (χ3v) is 2.71. The van der Waals surface area contributed by atoms with Gasteiger partial charge in [0.05, 0.1) is 5.69 Å². The third-order valence-electron chi connectivity index (χ3n) is 2.71. The highest BCUT2D eigenvalue weighted by atomic mass is 16.3. The zero-order valence-electron chi connectivity index (χ0n) is 7.46. The smallest absolute Gasteiger partial charge is 0.138 e. The van der Waals surface area contributed by atoms with Crippen LogP contribution in [0.1, 0.15) is 30.0 Å². The molecular formula is C10H14N2O. The number of fused-ring (bicyclic) bond motifs is 1. The number of rotatable bonds is 0. The molecule has 0 spiro atoms. The minimum Gasteiger partial charge on any atom is -0.506 e. The van der Waals surface area contributed by atoms with Gasteiger partial charge in [0.25, 0.3) is 0 Å². The summed E-state index contributed by atoms with van der Waals surface area (Å²) >= 11 is 0. The van der Waals surface area contributed by atoms with Crippen LogP contribution < -0.4 is 11.5 Å². The molecule has 0 fully saturated rings. The molecule has 5 N–H and O–H groups in total. The van der Waals surface area contributed by atoms with E-state index in [2.05, 4.69) is 0 Å². The van der Waals surface area contributed by atoms with Crippen molar-refractivity contribution in [3.63, 3.8) is 0 Å². The molecule has 3 nitrogen and oxygen atoms in total. The van der Waals surface area contributed by atoms with E-state index in [-0.39, 0.29) is 11.8 Å². The number of phenolic OH excluding ortho intramolecular Hbond substituents is 1. The lowest BCUT2D eigenvalue weighted by Gasteiger charge is -2.23. The minimum atomic E-state index is 0.0895. The van der Waals surface area contributed by atoms with Crippen LogP contribution in [0.2, 0.25) is 0 Å². The van der Waals surface area contributed by atoms with Crippen molar-refractivity contribution < 1.29 is 5.11 Å². The zero-order valence-corrected chi connectivity index (χ0v) is 7.46. The molecule has 0 aliphatic heterocycles. The molecule has 0 radical (unpaired) electrons. The maximum Gasteiger partial charge on any atom is 0.138 e. The van der Waals surface area contributed by atoms with E-state index in [1.807, 2.05) is 6.07 Å². The summed E-state index contributed by atoms with van der Waals surface area (Å²) in [5.74, 6) is 0.174. The highest BCUT2D eigenvalue weighted by molar-refractivity contribution is 5.61. The quantitative estimate of drug-likeness (QED) is 0.414. The van der Waals surface area contributed by atoms with Crippen molar-refractivity contribution in [1.29, 1.82) is 0 Å². The van der Waals surface area contributed by atoms with Crippen LogP contribution in [-0.2, 0) is 6.42 Å². The van der Waals surface area contributed by atoms with Crippen LogP contribution in [-0.4, -0.2) is 5.11 Å². The Kier molecular flexibility index (Phi) is 1.88. The second kappa shape index (κ2) is 2.92. The van der Waals surface area contributed by atoms with Crippen molar-refractivity contribution in [2.75, 3.05) is 5.73 Å². The topological polar surface area (TPSA) is 72.3 Å². The lowest BCUT2D eigenvalue weighted by molar-refractivity contribution is 0.474. The normalized spacial score (nSPS) is 21.2. The number of nitrogen functional groups attached to an aromatic ring is 1. The molecule has 0 heterocycles. The van der Waals surface area contributed by atoms with Gasteiger partial charge in [0.1, 0.15) is 5.75 Å². The van der Waals surface area contributed by atoms with E-state index in [9.17, 15) is 5.11 Å². The van der Waals surface area contributed by atoms with E-state index in [0.29, 0.717) is 5.69 Å². The zero-order chi connectivity index (χ0) is 9.42. The summed E-state index contributed by atoms with van der Waals surface area (Å²) in [5, 5.41) is 9.40. The second-order valence-corrected chi connectivity index (χ2v) is 3.56. The SMILES string of the molecule is Nc1c(O)ccc2c1CCC[C@H]2N. The fourth-order valence-corrected chi connectivity index (χ4v) is 1.95. The fourth-order valence-electron chi connectivity index (χ4n) is 1.95. The van der Waals surface area contributed by atoms with E-state index >= 15 is 0 Å². The average molecular weight is 178 g/mol. The summed E-state index contributed by atoms with van der Waals surface area (Å²) in [7, 11) is 0. The molecule has 1 aromatic rings. The molecule has 1 atom stereocenters. The number of benzene rings is 1. The van der Waals surface area contributed by atoms with Gasteiger partial charge in [-0.1, -0.05) is 6.07 Å². The van der Waals surface area contributed by atoms with Gasteiger partial charge in [0.15, 0.2) is 0 Å². The van der Waals surface area contributed by atoms with Crippen molar-refractivity contribution in [2.24, 2.45) is 5.73 Å². The Bertz CT molecular complexity index is 336. The highest BCUT2D eigenvalue weighted by Crippen LogP contribution is 2.35. The predicted molar refractivity (Wildman–Crippen MR) is 52.4 cm³/mol. The Morgan fingerprint density at radius 2 is 2.15 bits per heavy atom. The van der Waals surface area contributed by atoms with E-state index < -0.39 is 0 Å². The molecule has 1 aromatic carbocycles. The van der Waals surface area contributed by atoms with Crippen molar-refractivity contribution in [3.8, 4) is 5.75 Å². The van der Waals surface area contributed by atoms with Crippen LogP contribution in [0.3, 0.4) is 0 Å². The van der Waals surface area contributed by atoms with Gasteiger partial charge in [-0.05, 0) is 36.5 Å². The van der Waals surface area contributed by atoms with Crippen LogP contribution in [0, 0.1) is 0 Å². The van der Waals surface area contributed by atoms with Gasteiger partial charge in [0.2, 0.25) is 0 Å². The largest absolute Gasteiger partial charge is 0.506 e. The summed E-state index contributed by atoms with van der Waals surface area (Å²) in [6.45, 7) is 0. The second-order valence-electron chi connectivity index (χ2n) is 3.56. The number of phenols is 1. The monoisotopic (exact) mass is 178 g/mol. The lowest BCUT2D eigenvalue weighted by atomic mass is 9.87. The first-order valence-electron chi connectivity index (χ1n) is 4.56. The predicted octanol–water partition coefficient (Wildman–Crippen LogP) is 1.31. The van der Waals surface area contributed by atoms with Gasteiger partial charge in [-0.15, -0.1) is 0 Å². The molecule has 0 aromatic heterocycles. The Labute approximate surface area is 77.4 Å². The summed E-state index contributed by atoms with van der Waals surface area (Å²) in [4.78, 5) is 0. The van der Waals surface area contributed by atoms with Crippen LogP contribution in [0.4, 0.5) is 5.69 Å². The molecule has 3 heteroatoms. The standard InChI is InChI=1S/C10H14N2O/c11-8-3-1-2-7-6(8)4-5-9(13)10(7)12/h4-5,8,13H,1-3,11-12H2/t8-/m1/s1. The van der Waals surface area contributed by atoms with Crippen molar-refractivity contribution >= 4 is 5.69 Å². The number of nitrogens with two attached hydrogens (primary N) is 2. The van der Waals surface area contributed by atoms with Gasteiger partial charge in [-0.25, -0.2) is 0 Å². The van der Waals surface area contributed by atoms with E-state index in [4.69, 9.17) is 11.5 Å². The van der Waals surface area contributed by atoms with Crippen molar-refractivity contribution in [3.05, 3.63) is 23.3 Å². The molecule has 1 aliphatic rings. The summed E-state index contributed by atoms with van der Waals surface area (Å²) in [6, 6.07) is 3.59. The molecule has 13 heavy (non-hydrogen) atoms. The number of anilines is 1. The minimum absolute atomic E-state index is 0.0895. The van der Waals surface area contributed by atoms with Crippen LogP contribution in [0.15, 0.2) is 12.1 Å². The molecule has 0 saturated heterocycles. The molecule has 1 aliphatic carbocycles. The van der Waals surface area contributed by atoms with Crippen molar-refractivity contribution in [2.45, 2.75) is 25.3 Å². The maximum atomic E-state index is 9.40. The lowest BCUT2D eigenvalue weighted by Crippen LogP contribution is -2.18. The first kappa shape index (κ1) is 8.38. The Balaban J connectivity index is 2.56. The number of hydrogen-bond donors (Lipinski definition) is 3. The Morgan fingerprint density at radius 3 is 2.92 bits per heavy atom. The van der Waals surface area contributed by atoms with Crippen molar-refractivity contribution in [1.82, 2.24) is 0 Å². The van der Waals surface area contributed by atoms with Gasteiger partial charge >= 0.3 is 0 Å². The first-order chi connectivity index (χ1) is 6.20. The molecule has 2 rings (SSSR count). The summed E-state index contributed by atoms with van der Waals surface area (Å²) in [6.07, 6.45) is 3.00. The molecule has 0 saturated carbocycles. The molecular weight excluding hydrogens is 164 g/mol. The first-order valence-corrected chi connectivity index (χ1v) is 4.56. The van der Waals surface area contributed by atoms with Crippen LogP contribution >= 0.6 is 0 Å². The highest BCUT2D eigenvalue weighted by Gasteiger charge is 2.19. The van der Waals surface area contributed by atoms with E-state index in [1.54, 1.807) is 6.07 Å². The van der Waals surface area contributed by atoms with Gasteiger partial charge < -0.3 is 16.6 Å². The number of hydrogen-bond acceptors (Lipinski definition) is 3. The van der Waals surface area contributed by atoms with Crippen LogP contribution in [0.25, 0.3) is 0 Å². The summed E-state index contributed by atoms with van der Waals surface area (Å²) in [5.41, 5.74) is 14.3. The van der Waals surface area contributed by atoms with Gasteiger partial charge in [-0.2, -0.15) is 0 Å². The Morgan fingerprint density at radius 1 is 1.38 bits per heavy atom. The van der Waals surface area contributed by atoms with Crippen LogP contribution in [0.5, 0.6) is 5.75 Å². The summed E-state index contributed by atoms with van der Waals surface area (Å²) < 4.78 is 0. The number of aromatic hydroxyl groups is 1. The fraction of sp³-hybridized carbons (Fsp3) is 0.400. The Hall–Kier alpha value is -1.22.